The zero-order valence-electron chi connectivity index (χ0n) is 13.2. The van der Waals surface area contributed by atoms with E-state index in [0.29, 0.717) is 0 Å². The van der Waals surface area contributed by atoms with Crippen molar-refractivity contribution in [2.24, 2.45) is 5.92 Å². The van der Waals surface area contributed by atoms with E-state index in [4.69, 9.17) is 5.73 Å². The Morgan fingerprint density at radius 3 is 2.50 bits per heavy atom. The quantitative estimate of drug-likeness (QED) is 0.527. The topological polar surface area (TPSA) is 26.0 Å². The van der Waals surface area contributed by atoms with Crippen molar-refractivity contribution in [1.82, 2.24) is 0 Å². The van der Waals surface area contributed by atoms with Crippen LogP contribution in [0, 0.1) is 5.92 Å². The third kappa shape index (κ3) is 5.48. The van der Waals surface area contributed by atoms with Gasteiger partial charge in [0, 0.05) is 5.69 Å². The first-order valence-corrected chi connectivity index (χ1v) is 7.29. The Bertz CT molecular complexity index is 514. The molecule has 0 aliphatic carbocycles. The summed E-state index contributed by atoms with van der Waals surface area (Å²) in [5, 5.41) is 0. The van der Waals surface area contributed by atoms with Crippen LogP contribution in [0.2, 0.25) is 0 Å². The Balaban J connectivity index is 2.78. The minimum Gasteiger partial charge on any atom is -0.399 e. The number of hydrogen-bond donors (Lipinski definition) is 1. The zero-order chi connectivity index (χ0) is 15.1. The van der Waals surface area contributed by atoms with Crippen LogP contribution in [-0.2, 0) is 0 Å². The molecule has 0 aromatic heterocycles. The van der Waals surface area contributed by atoms with E-state index in [1.165, 1.54) is 17.6 Å². The second kappa shape index (κ2) is 7.74. The maximum absolute atomic E-state index is 5.81. The minimum absolute atomic E-state index is 0.731. The van der Waals surface area contributed by atoms with E-state index in [-0.39, 0.29) is 0 Å². The molecule has 0 bridgehead atoms. The van der Waals surface area contributed by atoms with Crippen LogP contribution in [0.5, 0.6) is 0 Å². The highest BCUT2D eigenvalue weighted by atomic mass is 14.5. The van der Waals surface area contributed by atoms with E-state index >= 15 is 0 Å². The number of allylic oxidation sites excluding steroid dienone is 5. The van der Waals surface area contributed by atoms with E-state index in [1.54, 1.807) is 0 Å². The molecule has 0 unspecified atom stereocenters. The fourth-order valence-corrected chi connectivity index (χ4v) is 1.98. The summed E-state index contributed by atoms with van der Waals surface area (Å²) in [6, 6.07) is 7.86. The van der Waals surface area contributed by atoms with Gasteiger partial charge in [-0.3, -0.25) is 0 Å². The molecule has 108 valence electrons. The fourth-order valence-electron chi connectivity index (χ4n) is 1.98. The summed E-state index contributed by atoms with van der Waals surface area (Å²) in [6.07, 6.45) is 6.64. The molecule has 20 heavy (non-hydrogen) atoms. The van der Waals surface area contributed by atoms with Crippen LogP contribution >= 0.6 is 0 Å². The molecular formula is C19H27N. The van der Waals surface area contributed by atoms with Crippen LogP contribution in [0.1, 0.15) is 46.1 Å². The molecule has 0 spiro atoms. The summed E-state index contributed by atoms with van der Waals surface area (Å²) in [5.41, 5.74) is 11.4. The van der Waals surface area contributed by atoms with Crippen LogP contribution in [-0.4, -0.2) is 0 Å². The fraction of sp³-hybridized carbons (Fsp3) is 0.368. The van der Waals surface area contributed by atoms with Crippen LogP contribution in [0.25, 0.3) is 5.57 Å². The van der Waals surface area contributed by atoms with Gasteiger partial charge in [0.05, 0.1) is 0 Å². The van der Waals surface area contributed by atoms with Gasteiger partial charge in [-0.05, 0) is 61.4 Å². The summed E-state index contributed by atoms with van der Waals surface area (Å²) in [5.74, 6) is 0.731. The number of nitrogens with two attached hydrogens (primary N) is 1. The SMILES string of the molecule is C=C(/C=C\C(CCC(C)C)=C(C)C)c1cccc(N)c1. The van der Waals surface area contributed by atoms with Crippen LogP contribution in [0.4, 0.5) is 5.69 Å². The average Bonchev–Trinajstić information content (AvgIpc) is 2.37. The highest BCUT2D eigenvalue weighted by molar-refractivity contribution is 5.74. The van der Waals surface area contributed by atoms with Gasteiger partial charge in [0.1, 0.15) is 0 Å². The molecule has 0 fully saturated rings. The second-order valence-corrected chi connectivity index (χ2v) is 5.94. The highest BCUT2D eigenvalue weighted by Gasteiger charge is 2.00. The standard InChI is InChI=1S/C19H27N/c1-14(2)9-11-17(15(3)4)12-10-16(5)18-7-6-8-19(20)13-18/h6-8,10,12-14H,5,9,11,20H2,1-4H3/b12-10-. The van der Waals surface area contributed by atoms with Crippen molar-refractivity contribution in [3.63, 3.8) is 0 Å². The lowest BCUT2D eigenvalue weighted by molar-refractivity contribution is 0.586. The molecule has 2 N–H and O–H groups in total. The average molecular weight is 269 g/mol. The van der Waals surface area contributed by atoms with E-state index in [2.05, 4.69) is 46.4 Å². The van der Waals surface area contributed by atoms with Crippen molar-refractivity contribution in [1.29, 1.82) is 0 Å². The summed E-state index contributed by atoms with van der Waals surface area (Å²) < 4.78 is 0. The van der Waals surface area contributed by atoms with Crippen molar-refractivity contribution < 1.29 is 0 Å². The molecule has 0 radical (unpaired) electrons. The normalized spacial score (nSPS) is 11.1. The molecule has 0 heterocycles. The summed E-state index contributed by atoms with van der Waals surface area (Å²) in [4.78, 5) is 0. The highest BCUT2D eigenvalue weighted by Crippen LogP contribution is 2.20. The Kier molecular flexibility index (Phi) is 6.30. The van der Waals surface area contributed by atoms with Gasteiger partial charge >= 0.3 is 0 Å². The number of rotatable bonds is 6. The van der Waals surface area contributed by atoms with Crippen molar-refractivity contribution in [2.75, 3.05) is 5.73 Å². The molecule has 1 nitrogen and oxygen atoms in total. The summed E-state index contributed by atoms with van der Waals surface area (Å²) >= 11 is 0. The lowest BCUT2D eigenvalue weighted by atomic mass is 9.98. The molecule has 0 saturated carbocycles. The smallest absolute Gasteiger partial charge is 0.0320 e. The van der Waals surface area contributed by atoms with Crippen LogP contribution < -0.4 is 5.73 Å². The van der Waals surface area contributed by atoms with E-state index in [0.717, 1.165) is 29.2 Å². The van der Waals surface area contributed by atoms with Gasteiger partial charge < -0.3 is 5.73 Å². The number of anilines is 1. The molecule has 0 saturated heterocycles. The third-order valence-electron chi connectivity index (χ3n) is 3.38. The number of nitrogen functional groups attached to an aromatic ring is 1. The molecule has 0 atom stereocenters. The van der Waals surface area contributed by atoms with Crippen molar-refractivity contribution >= 4 is 11.3 Å². The molecule has 1 rings (SSSR count). The first-order chi connectivity index (χ1) is 9.40. The maximum atomic E-state index is 5.81. The Hall–Kier alpha value is -1.76. The predicted octanol–water partition coefficient (Wildman–Crippen LogP) is 5.61. The summed E-state index contributed by atoms with van der Waals surface area (Å²) in [6.45, 7) is 13.0. The van der Waals surface area contributed by atoms with Gasteiger partial charge in [-0.1, -0.05) is 50.3 Å². The largest absolute Gasteiger partial charge is 0.399 e. The molecule has 0 amide bonds. The summed E-state index contributed by atoms with van der Waals surface area (Å²) in [7, 11) is 0. The Labute approximate surface area is 123 Å². The molecule has 1 aromatic rings. The lowest BCUT2D eigenvalue weighted by Crippen LogP contribution is -1.91. The third-order valence-corrected chi connectivity index (χ3v) is 3.38. The minimum atomic E-state index is 0.731. The van der Waals surface area contributed by atoms with E-state index < -0.39 is 0 Å². The van der Waals surface area contributed by atoms with E-state index in [9.17, 15) is 0 Å². The van der Waals surface area contributed by atoms with Gasteiger partial charge in [0.25, 0.3) is 0 Å². The number of hydrogen-bond acceptors (Lipinski definition) is 1. The first-order valence-electron chi connectivity index (χ1n) is 7.29. The Morgan fingerprint density at radius 1 is 1.25 bits per heavy atom. The van der Waals surface area contributed by atoms with Crippen LogP contribution in [0.3, 0.4) is 0 Å². The van der Waals surface area contributed by atoms with Gasteiger partial charge in [-0.15, -0.1) is 0 Å². The van der Waals surface area contributed by atoms with Gasteiger partial charge in [-0.25, -0.2) is 0 Å². The van der Waals surface area contributed by atoms with E-state index in [1.807, 2.05) is 24.3 Å². The molecular weight excluding hydrogens is 242 g/mol. The zero-order valence-corrected chi connectivity index (χ0v) is 13.2. The number of benzene rings is 1. The molecule has 0 aliphatic rings. The van der Waals surface area contributed by atoms with Gasteiger partial charge in [0.15, 0.2) is 0 Å². The lowest BCUT2D eigenvalue weighted by Gasteiger charge is -2.08. The predicted molar refractivity (Wildman–Crippen MR) is 91.5 cm³/mol. The maximum Gasteiger partial charge on any atom is 0.0320 e. The molecule has 0 aliphatic heterocycles. The first kappa shape index (κ1) is 16.3. The second-order valence-electron chi connectivity index (χ2n) is 5.94. The van der Waals surface area contributed by atoms with Crippen LogP contribution in [0.15, 0.2) is 54.1 Å². The monoisotopic (exact) mass is 269 g/mol. The van der Waals surface area contributed by atoms with Gasteiger partial charge in [-0.2, -0.15) is 0 Å². The van der Waals surface area contributed by atoms with Crippen molar-refractivity contribution in [2.45, 2.75) is 40.5 Å². The molecule has 1 heteroatoms. The Morgan fingerprint density at radius 2 is 1.95 bits per heavy atom. The van der Waals surface area contributed by atoms with Gasteiger partial charge in [0.2, 0.25) is 0 Å². The molecule has 1 aromatic carbocycles. The van der Waals surface area contributed by atoms with Crippen molar-refractivity contribution in [3.8, 4) is 0 Å². The van der Waals surface area contributed by atoms with Crippen molar-refractivity contribution in [3.05, 3.63) is 59.7 Å².